The Hall–Kier alpha value is -2.83. The second-order valence-electron chi connectivity index (χ2n) is 5.86. The van der Waals surface area contributed by atoms with E-state index in [9.17, 15) is 18.0 Å². The molecule has 4 nitrogen and oxygen atoms in total. The number of benzene rings is 1. The van der Waals surface area contributed by atoms with Crippen molar-refractivity contribution < 1.29 is 18.0 Å². The molecule has 1 aromatic carbocycles. The van der Waals surface area contributed by atoms with Crippen molar-refractivity contribution in [3.8, 4) is 0 Å². The summed E-state index contributed by atoms with van der Waals surface area (Å²) in [6, 6.07) is 8.46. The van der Waals surface area contributed by atoms with Crippen LogP contribution in [-0.2, 0) is 12.7 Å². The number of aromatic nitrogens is 2. The molecule has 1 N–H and O–H groups in total. The molecular weight excluding hydrogens is 331 g/mol. The number of rotatable bonds is 3. The van der Waals surface area contributed by atoms with Gasteiger partial charge in [0.05, 0.1) is 11.3 Å². The normalized spacial score (nSPS) is 11.7. The van der Waals surface area contributed by atoms with Crippen LogP contribution < -0.4 is 5.32 Å². The molecule has 0 saturated carbocycles. The number of imidazole rings is 1. The van der Waals surface area contributed by atoms with E-state index in [0.29, 0.717) is 22.6 Å². The number of nitrogens with one attached hydrogen (secondary N) is 1. The molecule has 3 rings (SSSR count). The van der Waals surface area contributed by atoms with Gasteiger partial charge in [-0.2, -0.15) is 13.2 Å². The fraction of sp³-hybridized carbons (Fsp3) is 0.222. The summed E-state index contributed by atoms with van der Waals surface area (Å²) in [5, 5.41) is 2.73. The standard InChI is InChI=1S/C18H16F3N3O/c1-11-3-8-15-23-12(2)16(24(15)10-11)17(25)22-9-13-4-6-14(7-5-13)18(19,20)21/h3-8,10H,9H2,1-2H3,(H,22,25). The van der Waals surface area contributed by atoms with Gasteiger partial charge in [-0.05, 0) is 43.2 Å². The lowest BCUT2D eigenvalue weighted by atomic mass is 10.1. The van der Waals surface area contributed by atoms with Gasteiger partial charge in [-0.1, -0.05) is 18.2 Å². The molecule has 2 heterocycles. The van der Waals surface area contributed by atoms with Gasteiger partial charge in [0.15, 0.2) is 0 Å². The minimum absolute atomic E-state index is 0.134. The molecule has 0 unspecified atom stereocenters. The number of alkyl halides is 3. The number of hydrogen-bond donors (Lipinski definition) is 1. The van der Waals surface area contributed by atoms with Crippen LogP contribution in [0.2, 0.25) is 0 Å². The van der Waals surface area contributed by atoms with Crippen LogP contribution in [0.4, 0.5) is 13.2 Å². The van der Waals surface area contributed by atoms with Crippen molar-refractivity contribution in [2.45, 2.75) is 26.6 Å². The van der Waals surface area contributed by atoms with Crippen molar-refractivity contribution in [3.05, 3.63) is 70.7 Å². The fourth-order valence-corrected chi connectivity index (χ4v) is 2.62. The van der Waals surface area contributed by atoms with Crippen LogP contribution in [0.15, 0.2) is 42.6 Å². The maximum Gasteiger partial charge on any atom is 0.416 e. The van der Waals surface area contributed by atoms with Gasteiger partial charge in [0, 0.05) is 12.7 Å². The van der Waals surface area contributed by atoms with Crippen LogP contribution in [0.5, 0.6) is 0 Å². The van der Waals surface area contributed by atoms with E-state index >= 15 is 0 Å². The third-order valence-corrected chi connectivity index (χ3v) is 3.89. The fourth-order valence-electron chi connectivity index (χ4n) is 2.62. The van der Waals surface area contributed by atoms with Crippen LogP contribution in [0.25, 0.3) is 5.65 Å². The van der Waals surface area contributed by atoms with Gasteiger partial charge in [-0.25, -0.2) is 4.98 Å². The summed E-state index contributed by atoms with van der Waals surface area (Å²) in [7, 11) is 0. The van der Waals surface area contributed by atoms with E-state index in [0.717, 1.165) is 17.7 Å². The zero-order chi connectivity index (χ0) is 18.2. The first-order valence-electron chi connectivity index (χ1n) is 7.65. The van der Waals surface area contributed by atoms with Gasteiger partial charge in [0.25, 0.3) is 5.91 Å². The number of carbonyl (C=O) groups excluding carboxylic acids is 1. The minimum atomic E-state index is -4.37. The maximum atomic E-state index is 12.6. The molecule has 0 saturated heterocycles. The molecule has 0 aliphatic rings. The number of carbonyl (C=O) groups is 1. The van der Waals surface area contributed by atoms with Crippen LogP contribution in [0.3, 0.4) is 0 Å². The molecule has 0 aliphatic heterocycles. The molecule has 0 bridgehead atoms. The summed E-state index contributed by atoms with van der Waals surface area (Å²) >= 11 is 0. The predicted molar refractivity (Wildman–Crippen MR) is 87.3 cm³/mol. The summed E-state index contributed by atoms with van der Waals surface area (Å²) in [6.45, 7) is 3.80. The van der Waals surface area contributed by atoms with E-state index < -0.39 is 11.7 Å². The quantitative estimate of drug-likeness (QED) is 0.781. The first-order chi connectivity index (χ1) is 11.8. The lowest BCUT2D eigenvalue weighted by Crippen LogP contribution is -2.25. The molecule has 0 radical (unpaired) electrons. The summed E-state index contributed by atoms with van der Waals surface area (Å²) in [6.07, 6.45) is -2.55. The third kappa shape index (κ3) is 3.50. The average molecular weight is 347 g/mol. The summed E-state index contributed by atoms with van der Waals surface area (Å²) in [4.78, 5) is 16.8. The van der Waals surface area contributed by atoms with E-state index in [-0.39, 0.29) is 12.5 Å². The third-order valence-electron chi connectivity index (χ3n) is 3.89. The van der Waals surface area contributed by atoms with E-state index in [4.69, 9.17) is 0 Å². The van der Waals surface area contributed by atoms with Gasteiger partial charge < -0.3 is 5.32 Å². The van der Waals surface area contributed by atoms with Crippen molar-refractivity contribution in [1.29, 1.82) is 0 Å². The highest BCUT2D eigenvalue weighted by molar-refractivity contribution is 5.94. The van der Waals surface area contributed by atoms with Gasteiger partial charge in [0.1, 0.15) is 11.3 Å². The molecule has 7 heteroatoms. The Morgan fingerprint density at radius 1 is 1.12 bits per heavy atom. The highest BCUT2D eigenvalue weighted by atomic mass is 19.4. The maximum absolute atomic E-state index is 12.6. The van der Waals surface area contributed by atoms with Crippen LogP contribution in [0.1, 0.15) is 32.9 Å². The van der Waals surface area contributed by atoms with E-state index in [1.807, 2.05) is 25.3 Å². The van der Waals surface area contributed by atoms with Crippen molar-refractivity contribution in [2.24, 2.45) is 0 Å². The molecule has 130 valence electrons. The molecule has 0 fully saturated rings. The van der Waals surface area contributed by atoms with E-state index in [1.54, 1.807) is 11.3 Å². The Morgan fingerprint density at radius 3 is 2.44 bits per heavy atom. The highest BCUT2D eigenvalue weighted by Gasteiger charge is 2.29. The Balaban J connectivity index is 1.77. The largest absolute Gasteiger partial charge is 0.416 e. The second kappa shape index (κ2) is 6.23. The van der Waals surface area contributed by atoms with Gasteiger partial charge >= 0.3 is 6.18 Å². The number of nitrogens with zero attached hydrogens (tertiary/aromatic N) is 2. The number of halogens is 3. The molecule has 0 aliphatic carbocycles. The molecule has 25 heavy (non-hydrogen) atoms. The summed E-state index contributed by atoms with van der Waals surface area (Å²) < 4.78 is 39.4. The molecule has 0 atom stereocenters. The lowest BCUT2D eigenvalue weighted by molar-refractivity contribution is -0.137. The summed E-state index contributed by atoms with van der Waals surface area (Å²) in [5.74, 6) is -0.324. The molecule has 3 aromatic rings. The highest BCUT2D eigenvalue weighted by Crippen LogP contribution is 2.29. The van der Waals surface area contributed by atoms with Crippen molar-refractivity contribution in [2.75, 3.05) is 0 Å². The number of hydrogen-bond acceptors (Lipinski definition) is 2. The minimum Gasteiger partial charge on any atom is -0.347 e. The molecule has 0 spiro atoms. The molecule has 1 amide bonds. The zero-order valence-electron chi connectivity index (χ0n) is 13.7. The smallest absolute Gasteiger partial charge is 0.347 e. The predicted octanol–water partition coefficient (Wildman–Crippen LogP) is 3.90. The van der Waals surface area contributed by atoms with Gasteiger partial charge in [-0.3, -0.25) is 9.20 Å². The van der Waals surface area contributed by atoms with Crippen molar-refractivity contribution in [1.82, 2.24) is 14.7 Å². The lowest BCUT2D eigenvalue weighted by Gasteiger charge is -2.09. The van der Waals surface area contributed by atoms with Gasteiger partial charge in [0.2, 0.25) is 0 Å². The first kappa shape index (κ1) is 17.0. The Morgan fingerprint density at radius 2 is 1.80 bits per heavy atom. The monoisotopic (exact) mass is 347 g/mol. The zero-order valence-corrected chi connectivity index (χ0v) is 13.7. The molecule has 2 aromatic heterocycles. The number of pyridine rings is 1. The average Bonchev–Trinajstić information content (AvgIpc) is 2.87. The van der Waals surface area contributed by atoms with Gasteiger partial charge in [-0.15, -0.1) is 0 Å². The molecular formula is C18H16F3N3O. The number of fused-ring (bicyclic) bond motifs is 1. The Labute approximate surface area is 142 Å². The van der Waals surface area contributed by atoms with Crippen LogP contribution in [-0.4, -0.2) is 15.3 Å². The second-order valence-corrected chi connectivity index (χ2v) is 5.86. The van der Waals surface area contributed by atoms with Crippen LogP contribution >= 0.6 is 0 Å². The van der Waals surface area contributed by atoms with Crippen LogP contribution in [0, 0.1) is 13.8 Å². The van der Waals surface area contributed by atoms with E-state index in [1.165, 1.54) is 12.1 Å². The van der Waals surface area contributed by atoms with E-state index in [2.05, 4.69) is 10.3 Å². The first-order valence-corrected chi connectivity index (χ1v) is 7.65. The topological polar surface area (TPSA) is 46.4 Å². The number of aryl methyl sites for hydroxylation is 2. The van der Waals surface area contributed by atoms with Crippen molar-refractivity contribution in [3.63, 3.8) is 0 Å². The Bertz CT molecular complexity index is 927. The Kier molecular flexibility index (Phi) is 4.24. The van der Waals surface area contributed by atoms with Crippen molar-refractivity contribution >= 4 is 11.6 Å². The summed E-state index contributed by atoms with van der Waals surface area (Å²) in [5.41, 5.74) is 2.55. The number of amides is 1. The SMILES string of the molecule is Cc1ccc2nc(C)c(C(=O)NCc3ccc(C(F)(F)F)cc3)n2c1.